The number of carbonyl (C=O) groups is 1. The molecule has 10 nitrogen and oxygen atoms in total. The maximum Gasteiger partial charge on any atom is 0.224 e. The van der Waals surface area contributed by atoms with E-state index in [2.05, 4.69) is 47.3 Å². The van der Waals surface area contributed by atoms with Crippen molar-refractivity contribution in [3.8, 4) is 22.6 Å². The number of piperazine rings is 1. The molecule has 38 heavy (non-hydrogen) atoms. The van der Waals surface area contributed by atoms with E-state index in [0.29, 0.717) is 40.3 Å². The van der Waals surface area contributed by atoms with Crippen LogP contribution in [0, 0.1) is 5.82 Å². The summed E-state index contributed by atoms with van der Waals surface area (Å²) < 4.78 is 15.2. The Bertz CT molecular complexity index is 1630. The summed E-state index contributed by atoms with van der Waals surface area (Å²) in [5, 5.41) is 10.9. The van der Waals surface area contributed by atoms with Crippen LogP contribution in [-0.4, -0.2) is 74.2 Å². The lowest BCUT2D eigenvalue weighted by Crippen LogP contribution is -2.44. The van der Waals surface area contributed by atoms with Crippen molar-refractivity contribution in [1.29, 1.82) is 0 Å². The number of hydrogen-bond donors (Lipinski definition) is 3. The first-order valence-electron chi connectivity index (χ1n) is 12.7. The van der Waals surface area contributed by atoms with Crippen LogP contribution in [0.2, 0.25) is 0 Å². The fourth-order valence-corrected chi connectivity index (χ4v) is 4.83. The van der Waals surface area contributed by atoms with Gasteiger partial charge in [-0.05, 0) is 31.7 Å². The van der Waals surface area contributed by atoms with Crippen molar-refractivity contribution >= 4 is 39.3 Å². The first-order valence-corrected chi connectivity index (χ1v) is 12.7. The minimum atomic E-state index is -0.419. The van der Waals surface area contributed by atoms with Gasteiger partial charge in [0.1, 0.15) is 17.0 Å². The van der Waals surface area contributed by atoms with Crippen molar-refractivity contribution in [3.63, 3.8) is 0 Å². The number of nitrogens with zero attached hydrogens (tertiary/aromatic N) is 6. The second-order valence-corrected chi connectivity index (χ2v) is 9.62. The highest BCUT2D eigenvalue weighted by Crippen LogP contribution is 2.34. The monoisotopic (exact) mass is 513 g/mol. The lowest BCUT2D eigenvalue weighted by Gasteiger charge is -2.33. The van der Waals surface area contributed by atoms with Crippen LogP contribution in [0.5, 0.6) is 0 Å². The van der Waals surface area contributed by atoms with E-state index in [-0.39, 0.29) is 5.91 Å². The van der Waals surface area contributed by atoms with Crippen LogP contribution in [-0.2, 0) is 4.79 Å². The third-order valence-electron chi connectivity index (χ3n) is 6.87. The smallest absolute Gasteiger partial charge is 0.224 e. The number of likely N-dealkylation sites (N-methyl/N-ethyl adjacent to an activating group) is 1. The molecule has 1 fully saturated rings. The average molecular weight is 514 g/mol. The summed E-state index contributed by atoms with van der Waals surface area (Å²) >= 11 is 0. The molecule has 4 aromatic heterocycles. The number of H-pyrrole nitrogens is 2. The fraction of sp³-hybridized carbons (Fsp3) is 0.296. The van der Waals surface area contributed by atoms with E-state index in [1.807, 2.05) is 13.0 Å². The number of anilines is 2. The molecular formula is C27H28FN9O. The zero-order valence-corrected chi connectivity index (χ0v) is 21.3. The second-order valence-electron chi connectivity index (χ2n) is 9.62. The van der Waals surface area contributed by atoms with E-state index >= 15 is 4.39 Å². The molecule has 5 aromatic rings. The summed E-state index contributed by atoms with van der Waals surface area (Å²) in [7, 11) is 2.12. The topological polar surface area (TPSA) is 119 Å². The molecular weight excluding hydrogens is 485 g/mol. The van der Waals surface area contributed by atoms with Gasteiger partial charge in [-0.2, -0.15) is 5.10 Å². The molecule has 1 aliphatic rings. The molecule has 0 atom stereocenters. The first-order chi connectivity index (χ1) is 18.5. The predicted molar refractivity (Wildman–Crippen MR) is 145 cm³/mol. The van der Waals surface area contributed by atoms with E-state index in [0.717, 1.165) is 54.8 Å². The predicted octanol–water partition coefficient (Wildman–Crippen LogP) is 4.19. The molecule has 0 radical (unpaired) electrons. The third kappa shape index (κ3) is 4.45. The number of aromatic nitrogens is 6. The molecule has 0 saturated carbocycles. The normalized spacial score (nSPS) is 14.4. The number of hydrogen-bond acceptors (Lipinski definition) is 7. The second kappa shape index (κ2) is 9.82. The van der Waals surface area contributed by atoms with Crippen LogP contribution in [0.25, 0.3) is 44.6 Å². The number of carbonyl (C=O) groups excluding carboxylic acids is 1. The van der Waals surface area contributed by atoms with Gasteiger partial charge in [-0.3, -0.25) is 14.9 Å². The Balaban J connectivity index is 1.38. The Morgan fingerprint density at radius 1 is 1.13 bits per heavy atom. The summed E-state index contributed by atoms with van der Waals surface area (Å²) in [4.78, 5) is 33.7. The number of halogens is 1. The van der Waals surface area contributed by atoms with Crippen LogP contribution in [0.3, 0.4) is 0 Å². The molecule has 3 N–H and O–H groups in total. The molecule has 5 heterocycles. The Labute approximate surface area is 218 Å². The molecule has 194 valence electrons. The van der Waals surface area contributed by atoms with Gasteiger partial charge < -0.3 is 20.1 Å². The van der Waals surface area contributed by atoms with Gasteiger partial charge in [0.15, 0.2) is 11.6 Å². The number of pyridine rings is 2. The molecule has 0 spiro atoms. The maximum absolute atomic E-state index is 15.2. The zero-order chi connectivity index (χ0) is 26.2. The maximum atomic E-state index is 15.2. The molecule has 1 aromatic carbocycles. The Morgan fingerprint density at radius 2 is 1.97 bits per heavy atom. The lowest BCUT2D eigenvalue weighted by atomic mass is 10.0. The van der Waals surface area contributed by atoms with Crippen molar-refractivity contribution in [3.05, 3.63) is 48.7 Å². The van der Waals surface area contributed by atoms with E-state index in [9.17, 15) is 4.79 Å². The summed E-state index contributed by atoms with van der Waals surface area (Å²) in [6.45, 7) is 5.63. The highest BCUT2D eigenvalue weighted by Gasteiger charge is 2.21. The Hall–Kier alpha value is -4.38. The zero-order valence-electron chi connectivity index (χ0n) is 21.3. The summed E-state index contributed by atoms with van der Waals surface area (Å²) in [6, 6.07) is 6.78. The minimum absolute atomic E-state index is 0.102. The van der Waals surface area contributed by atoms with Crippen LogP contribution >= 0.6 is 0 Å². The van der Waals surface area contributed by atoms with Gasteiger partial charge in [0, 0.05) is 67.6 Å². The summed E-state index contributed by atoms with van der Waals surface area (Å²) in [5.41, 5.74) is 4.22. The van der Waals surface area contributed by atoms with Crippen LogP contribution < -0.4 is 10.2 Å². The molecule has 1 amide bonds. The number of fused-ring (bicyclic) bond motifs is 2. The quantitative estimate of drug-likeness (QED) is 0.311. The molecule has 11 heteroatoms. The number of benzene rings is 1. The number of aromatic amines is 2. The van der Waals surface area contributed by atoms with Gasteiger partial charge in [-0.25, -0.2) is 14.4 Å². The van der Waals surface area contributed by atoms with Gasteiger partial charge in [0.25, 0.3) is 0 Å². The lowest BCUT2D eigenvalue weighted by molar-refractivity contribution is -0.116. The number of nitrogens with one attached hydrogen (secondary N) is 3. The molecule has 0 unspecified atom stereocenters. The molecule has 0 bridgehead atoms. The van der Waals surface area contributed by atoms with Crippen molar-refractivity contribution < 1.29 is 9.18 Å². The van der Waals surface area contributed by atoms with E-state index in [1.165, 1.54) is 6.07 Å². The van der Waals surface area contributed by atoms with Gasteiger partial charge >= 0.3 is 0 Å². The number of amides is 1. The fourth-order valence-electron chi connectivity index (χ4n) is 4.83. The van der Waals surface area contributed by atoms with E-state index in [1.54, 1.807) is 30.7 Å². The number of rotatable bonds is 6. The minimum Gasteiger partial charge on any atom is -0.352 e. The molecule has 1 saturated heterocycles. The molecule has 1 aliphatic heterocycles. The Kier molecular flexibility index (Phi) is 6.20. The standard InChI is InChI=1S/C27H28FN9O/c1-3-4-23(38)31-17-11-16(14-29-15-17)18-12-19-22(13-20(18)28)34-35-24(19)26-32-21-5-6-30-27(25(21)33-26)37-9-7-36(2)8-10-37/h5-6,11-15H,3-4,7-10H2,1-2H3,(H,31,38)(H,32,33)(H,34,35). The van der Waals surface area contributed by atoms with Crippen LogP contribution in [0.15, 0.2) is 42.9 Å². The van der Waals surface area contributed by atoms with Crippen LogP contribution in [0.1, 0.15) is 19.8 Å². The highest BCUT2D eigenvalue weighted by molar-refractivity contribution is 5.97. The number of imidazole rings is 1. The van der Waals surface area contributed by atoms with Gasteiger partial charge in [0.05, 0.1) is 22.9 Å². The van der Waals surface area contributed by atoms with E-state index in [4.69, 9.17) is 4.98 Å². The third-order valence-corrected chi connectivity index (χ3v) is 6.87. The van der Waals surface area contributed by atoms with Crippen LogP contribution in [0.4, 0.5) is 15.9 Å². The molecule has 6 rings (SSSR count). The summed E-state index contributed by atoms with van der Waals surface area (Å²) in [5.74, 6) is 0.899. The van der Waals surface area contributed by atoms with Gasteiger partial charge in [-0.1, -0.05) is 6.92 Å². The SMILES string of the molecule is CCCC(=O)Nc1cncc(-c2cc3c(-c4nc5c(N6CCN(C)CC6)nccc5[nH]4)n[nH]c3cc2F)c1. The van der Waals surface area contributed by atoms with Crippen molar-refractivity contribution in [2.45, 2.75) is 19.8 Å². The van der Waals surface area contributed by atoms with Gasteiger partial charge in [0.2, 0.25) is 5.91 Å². The largest absolute Gasteiger partial charge is 0.352 e. The summed E-state index contributed by atoms with van der Waals surface area (Å²) in [6.07, 6.45) is 6.06. The van der Waals surface area contributed by atoms with E-state index < -0.39 is 5.82 Å². The average Bonchev–Trinajstić information content (AvgIpc) is 3.52. The van der Waals surface area contributed by atoms with Crippen molar-refractivity contribution in [2.24, 2.45) is 0 Å². The van der Waals surface area contributed by atoms with Crippen molar-refractivity contribution in [2.75, 3.05) is 43.4 Å². The molecule has 0 aliphatic carbocycles. The van der Waals surface area contributed by atoms with Crippen molar-refractivity contribution in [1.82, 2.24) is 35.0 Å². The first kappa shape index (κ1) is 24.0. The van der Waals surface area contributed by atoms with Gasteiger partial charge in [-0.15, -0.1) is 0 Å². The Morgan fingerprint density at radius 3 is 2.79 bits per heavy atom. The highest BCUT2D eigenvalue weighted by atomic mass is 19.1.